The Morgan fingerprint density at radius 1 is 1.31 bits per heavy atom. The normalized spacial score (nSPS) is 11.1. The molecule has 3 aromatic heterocycles. The molecule has 1 aromatic carbocycles. The molecule has 0 bridgehead atoms. The average molecular weight is 391 g/mol. The molecule has 0 fully saturated rings. The van der Waals surface area contributed by atoms with Gasteiger partial charge in [-0.25, -0.2) is 9.07 Å². The van der Waals surface area contributed by atoms with E-state index in [4.69, 9.17) is 11.3 Å². The van der Waals surface area contributed by atoms with Crippen molar-refractivity contribution in [2.45, 2.75) is 26.7 Å². The summed E-state index contributed by atoms with van der Waals surface area (Å²) >= 11 is 0. The van der Waals surface area contributed by atoms with Crippen molar-refractivity contribution in [1.29, 1.82) is 0 Å². The Hall–Kier alpha value is -3.73. The number of H-pyrrole nitrogens is 1. The third-order valence-corrected chi connectivity index (χ3v) is 4.67. The van der Waals surface area contributed by atoms with E-state index in [1.807, 2.05) is 0 Å². The van der Waals surface area contributed by atoms with Crippen LogP contribution >= 0.6 is 0 Å². The van der Waals surface area contributed by atoms with E-state index >= 15 is 0 Å². The van der Waals surface area contributed by atoms with Crippen LogP contribution in [0.3, 0.4) is 0 Å². The lowest BCUT2D eigenvalue weighted by Crippen LogP contribution is -2.08. The maximum absolute atomic E-state index is 14.8. The van der Waals surface area contributed by atoms with Gasteiger partial charge >= 0.3 is 0 Å². The zero-order valence-corrected chi connectivity index (χ0v) is 16.0. The lowest BCUT2D eigenvalue weighted by molar-refractivity contribution is 0.309. The number of rotatable bonds is 5. The molecule has 0 saturated heterocycles. The number of aromatic amines is 1. The molecule has 0 atom stereocenters. The summed E-state index contributed by atoms with van der Waals surface area (Å²) in [5.74, 6) is 0.181. The fourth-order valence-electron chi connectivity index (χ4n) is 3.25. The number of unbranched alkanes of at least 4 members (excludes halogenated alkanes) is 1. The Kier molecular flexibility index (Phi) is 4.72. The smallest absolute Gasteiger partial charge is 0.270 e. The quantitative estimate of drug-likeness (QED) is 0.403. The van der Waals surface area contributed by atoms with Crippen LogP contribution in [0.25, 0.3) is 32.5 Å². The van der Waals surface area contributed by atoms with Crippen LogP contribution in [0.2, 0.25) is 0 Å². The molecule has 29 heavy (non-hydrogen) atoms. The first-order valence-electron chi connectivity index (χ1n) is 9.26. The molecule has 7 nitrogen and oxygen atoms in total. The summed E-state index contributed by atoms with van der Waals surface area (Å²) in [6.07, 6.45) is 1.88. The second kappa shape index (κ2) is 7.36. The standard InChI is InChI=1S/C21H18FN5O2/c1-4-5-10-29-13-6-7-14(22)16(11-13)27-20-18(12(2)26-27)21(28)24-15-8-9-17(23-3)25-19(15)20/h6-9,11H,4-5,10H2,1-2H3,(H,24,28). The second-order valence-corrected chi connectivity index (χ2v) is 6.67. The minimum absolute atomic E-state index is 0.152. The van der Waals surface area contributed by atoms with Gasteiger partial charge in [-0.05, 0) is 37.6 Å². The van der Waals surface area contributed by atoms with Crippen molar-refractivity contribution in [3.63, 3.8) is 0 Å². The zero-order valence-electron chi connectivity index (χ0n) is 16.0. The van der Waals surface area contributed by atoms with Crippen LogP contribution in [0.1, 0.15) is 25.5 Å². The summed E-state index contributed by atoms with van der Waals surface area (Å²) in [4.78, 5) is 23.1. The Morgan fingerprint density at radius 2 is 2.14 bits per heavy atom. The van der Waals surface area contributed by atoms with Gasteiger partial charge in [0, 0.05) is 6.07 Å². The van der Waals surface area contributed by atoms with Crippen molar-refractivity contribution in [2.24, 2.45) is 0 Å². The topological polar surface area (TPSA) is 77.2 Å². The zero-order chi connectivity index (χ0) is 20.5. The van der Waals surface area contributed by atoms with Crippen LogP contribution in [0.5, 0.6) is 5.75 Å². The fraction of sp³-hybridized carbons (Fsp3) is 0.238. The van der Waals surface area contributed by atoms with Gasteiger partial charge in [0.2, 0.25) is 5.52 Å². The number of ether oxygens (including phenoxy) is 1. The van der Waals surface area contributed by atoms with Gasteiger partial charge in [0.1, 0.15) is 22.8 Å². The Bertz CT molecular complexity index is 1330. The number of benzene rings is 1. The molecule has 0 aliphatic heterocycles. The monoisotopic (exact) mass is 391 g/mol. The molecule has 0 amide bonds. The highest BCUT2D eigenvalue weighted by Gasteiger charge is 2.21. The maximum atomic E-state index is 14.8. The molecule has 3 heterocycles. The molecule has 1 N–H and O–H groups in total. The Morgan fingerprint density at radius 3 is 2.90 bits per heavy atom. The largest absolute Gasteiger partial charge is 0.494 e. The van der Waals surface area contributed by atoms with Gasteiger partial charge in [-0.3, -0.25) is 4.79 Å². The highest BCUT2D eigenvalue weighted by Crippen LogP contribution is 2.29. The molecule has 0 aliphatic carbocycles. The summed E-state index contributed by atoms with van der Waals surface area (Å²) in [5, 5.41) is 4.72. The van der Waals surface area contributed by atoms with Crippen molar-refractivity contribution >= 4 is 27.8 Å². The van der Waals surface area contributed by atoms with Crippen LogP contribution in [-0.2, 0) is 0 Å². The Balaban J connectivity index is 2.01. The van der Waals surface area contributed by atoms with E-state index in [1.54, 1.807) is 25.1 Å². The highest BCUT2D eigenvalue weighted by molar-refractivity contribution is 6.03. The minimum atomic E-state index is -0.507. The number of hydrogen-bond acceptors (Lipinski definition) is 4. The third kappa shape index (κ3) is 3.21. The molecular formula is C21H18FN5O2. The molecule has 0 radical (unpaired) electrons. The number of hydrogen-bond donors (Lipinski definition) is 1. The van der Waals surface area contributed by atoms with E-state index in [1.165, 1.54) is 16.8 Å². The van der Waals surface area contributed by atoms with Gasteiger partial charge in [0.05, 0.1) is 23.2 Å². The van der Waals surface area contributed by atoms with Crippen molar-refractivity contribution in [3.8, 4) is 11.4 Å². The van der Waals surface area contributed by atoms with Crippen molar-refractivity contribution in [3.05, 3.63) is 63.6 Å². The first-order valence-corrected chi connectivity index (χ1v) is 9.26. The molecule has 4 aromatic rings. The van der Waals surface area contributed by atoms with E-state index in [9.17, 15) is 9.18 Å². The lowest BCUT2D eigenvalue weighted by Gasteiger charge is -2.10. The maximum Gasteiger partial charge on any atom is 0.270 e. The number of halogens is 1. The van der Waals surface area contributed by atoms with E-state index in [0.717, 1.165) is 12.8 Å². The SMILES string of the molecule is [C-]#[N+]c1ccc2[nH]c(=O)c3c(C)nn(-c4cc(OCCCC)ccc4F)c3c2n1. The van der Waals surface area contributed by atoms with Gasteiger partial charge in [0.25, 0.3) is 11.4 Å². The molecule has 4 rings (SSSR count). The number of pyridine rings is 2. The first-order chi connectivity index (χ1) is 14.0. The van der Waals surface area contributed by atoms with Crippen LogP contribution in [0, 0.1) is 19.3 Å². The van der Waals surface area contributed by atoms with E-state index in [0.29, 0.717) is 40.0 Å². The van der Waals surface area contributed by atoms with Gasteiger partial charge in [-0.1, -0.05) is 19.9 Å². The molecule has 146 valence electrons. The highest BCUT2D eigenvalue weighted by atomic mass is 19.1. The van der Waals surface area contributed by atoms with E-state index in [2.05, 4.69) is 26.8 Å². The van der Waals surface area contributed by atoms with Crippen LogP contribution in [0.4, 0.5) is 10.2 Å². The Labute approximate surface area is 165 Å². The number of fused-ring (bicyclic) bond motifs is 3. The predicted octanol–water partition coefficient (Wildman–Crippen LogP) is 4.44. The molecule has 0 spiro atoms. The second-order valence-electron chi connectivity index (χ2n) is 6.67. The molecule has 0 unspecified atom stereocenters. The van der Waals surface area contributed by atoms with Crippen molar-refractivity contribution in [2.75, 3.05) is 6.61 Å². The van der Waals surface area contributed by atoms with Crippen LogP contribution in [0.15, 0.2) is 35.1 Å². The number of aryl methyl sites for hydroxylation is 1. The summed E-state index contributed by atoms with van der Waals surface area (Å²) in [5.41, 5.74) is 1.44. The van der Waals surface area contributed by atoms with Crippen molar-refractivity contribution in [1.82, 2.24) is 19.7 Å². The third-order valence-electron chi connectivity index (χ3n) is 4.67. The fourth-order valence-corrected chi connectivity index (χ4v) is 3.25. The average Bonchev–Trinajstić information content (AvgIpc) is 3.07. The van der Waals surface area contributed by atoms with Crippen LogP contribution in [-0.4, -0.2) is 26.4 Å². The number of nitrogens with one attached hydrogen (secondary N) is 1. The molecule has 0 aliphatic rings. The van der Waals surface area contributed by atoms with E-state index in [-0.39, 0.29) is 17.1 Å². The van der Waals surface area contributed by atoms with Crippen LogP contribution < -0.4 is 10.3 Å². The number of nitrogens with zero attached hydrogens (tertiary/aromatic N) is 4. The first kappa shape index (κ1) is 18.6. The summed E-state index contributed by atoms with van der Waals surface area (Å²) in [6, 6.07) is 7.57. The summed E-state index contributed by atoms with van der Waals surface area (Å²) in [6.45, 7) is 11.5. The van der Waals surface area contributed by atoms with E-state index < -0.39 is 5.82 Å². The van der Waals surface area contributed by atoms with Gasteiger partial charge in [0.15, 0.2) is 0 Å². The number of aromatic nitrogens is 4. The molecular weight excluding hydrogens is 373 g/mol. The minimum Gasteiger partial charge on any atom is -0.494 e. The summed E-state index contributed by atoms with van der Waals surface area (Å²) in [7, 11) is 0. The van der Waals surface area contributed by atoms with Gasteiger partial charge in [-0.15, -0.1) is 4.98 Å². The summed E-state index contributed by atoms with van der Waals surface area (Å²) < 4.78 is 21.8. The van der Waals surface area contributed by atoms with Gasteiger partial charge in [-0.2, -0.15) is 5.10 Å². The predicted molar refractivity (Wildman–Crippen MR) is 108 cm³/mol. The molecule has 0 saturated carbocycles. The molecule has 8 heteroatoms. The van der Waals surface area contributed by atoms with Gasteiger partial charge < -0.3 is 14.6 Å². The van der Waals surface area contributed by atoms with Crippen molar-refractivity contribution < 1.29 is 9.13 Å². The lowest BCUT2D eigenvalue weighted by atomic mass is 10.2.